The first-order valence-corrected chi connectivity index (χ1v) is 8.98. The number of nitrogens with one attached hydrogen (secondary N) is 2. The van der Waals surface area contributed by atoms with Crippen LogP contribution in [0.25, 0.3) is 11.0 Å². The molecule has 0 spiro atoms. The number of benzene rings is 1. The number of pyridine rings is 2. The van der Waals surface area contributed by atoms with Crippen LogP contribution in [0.5, 0.6) is 0 Å². The van der Waals surface area contributed by atoms with E-state index in [9.17, 15) is 0 Å². The normalized spacial score (nSPS) is 11.0. The van der Waals surface area contributed by atoms with Gasteiger partial charge in [-0.15, -0.1) is 0 Å². The maximum absolute atomic E-state index is 6.06. The SMILES string of the molecule is Clc1ccc(CNc2ccc(Cc3c[nH]c4ncc(Cl)cc34)cn2)cc1. The average molecular weight is 383 g/mol. The number of nitrogens with zero attached hydrogens (tertiary/aromatic N) is 2. The van der Waals surface area contributed by atoms with E-state index in [0.717, 1.165) is 45.0 Å². The minimum absolute atomic E-state index is 0.637. The lowest BCUT2D eigenvalue weighted by Gasteiger charge is -2.07. The van der Waals surface area contributed by atoms with Crippen LogP contribution < -0.4 is 5.32 Å². The molecule has 0 aliphatic heterocycles. The van der Waals surface area contributed by atoms with E-state index in [1.807, 2.05) is 48.8 Å². The number of halogens is 2. The molecule has 0 saturated heterocycles. The van der Waals surface area contributed by atoms with Crippen molar-refractivity contribution >= 4 is 40.1 Å². The van der Waals surface area contributed by atoms with Crippen LogP contribution in [0.15, 0.2) is 61.1 Å². The lowest BCUT2D eigenvalue weighted by Crippen LogP contribution is -2.01. The van der Waals surface area contributed by atoms with E-state index in [4.69, 9.17) is 23.2 Å². The van der Waals surface area contributed by atoms with E-state index in [1.165, 1.54) is 0 Å². The Kier molecular flexibility index (Phi) is 4.78. The maximum Gasteiger partial charge on any atom is 0.137 e. The minimum Gasteiger partial charge on any atom is -0.366 e. The summed E-state index contributed by atoms with van der Waals surface area (Å²) in [4.78, 5) is 12.0. The Balaban J connectivity index is 1.43. The number of hydrogen-bond donors (Lipinski definition) is 2. The minimum atomic E-state index is 0.637. The van der Waals surface area contributed by atoms with Crippen molar-refractivity contribution in [3.8, 4) is 0 Å². The smallest absolute Gasteiger partial charge is 0.137 e. The molecule has 3 heterocycles. The number of H-pyrrole nitrogens is 1. The van der Waals surface area contributed by atoms with Crippen molar-refractivity contribution in [2.75, 3.05) is 5.32 Å². The van der Waals surface area contributed by atoms with Gasteiger partial charge >= 0.3 is 0 Å². The van der Waals surface area contributed by atoms with Crippen LogP contribution in [0, 0.1) is 0 Å². The molecule has 4 aromatic rings. The third kappa shape index (κ3) is 3.82. The largest absolute Gasteiger partial charge is 0.366 e. The van der Waals surface area contributed by atoms with E-state index in [2.05, 4.69) is 26.3 Å². The van der Waals surface area contributed by atoms with Crippen LogP contribution in [0.3, 0.4) is 0 Å². The summed E-state index contributed by atoms with van der Waals surface area (Å²) in [6.07, 6.45) is 6.28. The van der Waals surface area contributed by atoms with Crippen molar-refractivity contribution in [2.45, 2.75) is 13.0 Å². The van der Waals surface area contributed by atoms with Crippen molar-refractivity contribution in [3.63, 3.8) is 0 Å². The van der Waals surface area contributed by atoms with E-state index in [1.54, 1.807) is 6.20 Å². The molecule has 26 heavy (non-hydrogen) atoms. The van der Waals surface area contributed by atoms with Gasteiger partial charge in [0.2, 0.25) is 0 Å². The Morgan fingerprint density at radius 3 is 2.46 bits per heavy atom. The molecule has 0 unspecified atom stereocenters. The summed E-state index contributed by atoms with van der Waals surface area (Å²) >= 11 is 12.0. The molecule has 0 fully saturated rings. The van der Waals surface area contributed by atoms with E-state index in [-0.39, 0.29) is 0 Å². The van der Waals surface area contributed by atoms with Gasteiger partial charge in [0.15, 0.2) is 0 Å². The molecule has 2 N–H and O–H groups in total. The quantitative estimate of drug-likeness (QED) is 0.481. The zero-order chi connectivity index (χ0) is 17.9. The highest BCUT2D eigenvalue weighted by Gasteiger charge is 2.07. The molecule has 0 aliphatic rings. The molecule has 4 rings (SSSR count). The van der Waals surface area contributed by atoms with Gasteiger partial charge in [-0.2, -0.15) is 0 Å². The Labute approximate surface area is 161 Å². The lowest BCUT2D eigenvalue weighted by atomic mass is 10.1. The lowest BCUT2D eigenvalue weighted by molar-refractivity contribution is 1.09. The second kappa shape index (κ2) is 7.36. The number of anilines is 1. The molecule has 0 saturated carbocycles. The highest BCUT2D eigenvalue weighted by molar-refractivity contribution is 6.31. The Hall–Kier alpha value is -2.56. The zero-order valence-corrected chi connectivity index (χ0v) is 15.3. The molecule has 0 bridgehead atoms. The predicted octanol–water partition coefficient (Wildman–Crippen LogP) is 5.47. The van der Waals surface area contributed by atoms with Gasteiger partial charge in [-0.25, -0.2) is 9.97 Å². The number of fused-ring (bicyclic) bond motifs is 1. The molecule has 130 valence electrons. The summed E-state index contributed by atoms with van der Waals surface area (Å²) in [5.74, 6) is 0.840. The van der Waals surface area contributed by atoms with Gasteiger partial charge in [0.1, 0.15) is 11.5 Å². The van der Waals surface area contributed by atoms with Gasteiger partial charge in [-0.05, 0) is 41.0 Å². The van der Waals surface area contributed by atoms with Crippen molar-refractivity contribution < 1.29 is 0 Å². The van der Waals surface area contributed by atoms with Crippen molar-refractivity contribution in [2.24, 2.45) is 0 Å². The summed E-state index contributed by atoms with van der Waals surface area (Å²) in [6.45, 7) is 0.704. The van der Waals surface area contributed by atoms with Crippen molar-refractivity contribution in [1.29, 1.82) is 0 Å². The highest BCUT2D eigenvalue weighted by Crippen LogP contribution is 2.22. The summed E-state index contributed by atoms with van der Waals surface area (Å²) in [7, 11) is 0. The number of hydrogen-bond acceptors (Lipinski definition) is 3. The topological polar surface area (TPSA) is 53.6 Å². The standard InChI is InChI=1S/C20H16Cl2N4/c21-16-4-1-13(2-5-16)9-23-19-6-3-14(10-24-19)7-15-11-25-20-18(15)8-17(22)12-26-20/h1-6,8,10-12H,7,9H2,(H,23,24)(H,25,26). The molecule has 0 amide bonds. The summed E-state index contributed by atoms with van der Waals surface area (Å²) in [5, 5.41) is 5.74. The zero-order valence-electron chi connectivity index (χ0n) is 13.8. The van der Waals surface area contributed by atoms with Crippen LogP contribution in [0.1, 0.15) is 16.7 Å². The molecule has 0 aliphatic carbocycles. The number of aromatic amines is 1. The van der Waals surface area contributed by atoms with Crippen LogP contribution in [-0.4, -0.2) is 15.0 Å². The third-order valence-electron chi connectivity index (χ3n) is 4.19. The molecule has 0 atom stereocenters. The summed E-state index contributed by atoms with van der Waals surface area (Å²) in [6, 6.07) is 13.8. The first-order chi connectivity index (χ1) is 12.7. The third-order valence-corrected chi connectivity index (χ3v) is 4.65. The Bertz CT molecular complexity index is 1020. The number of rotatable bonds is 5. The highest BCUT2D eigenvalue weighted by atomic mass is 35.5. The first-order valence-electron chi connectivity index (χ1n) is 8.22. The fourth-order valence-corrected chi connectivity index (χ4v) is 3.11. The Morgan fingerprint density at radius 2 is 1.69 bits per heavy atom. The molecular formula is C20H16Cl2N4. The predicted molar refractivity (Wildman–Crippen MR) is 107 cm³/mol. The first kappa shape index (κ1) is 16.9. The fraction of sp³-hybridized carbons (Fsp3) is 0.100. The van der Waals surface area contributed by atoms with Gasteiger partial charge < -0.3 is 10.3 Å². The van der Waals surface area contributed by atoms with Crippen LogP contribution in [0.4, 0.5) is 5.82 Å². The van der Waals surface area contributed by atoms with Gasteiger partial charge in [0.25, 0.3) is 0 Å². The fourth-order valence-electron chi connectivity index (χ4n) is 2.83. The maximum atomic E-state index is 6.06. The van der Waals surface area contributed by atoms with E-state index in [0.29, 0.717) is 11.6 Å². The van der Waals surface area contributed by atoms with Gasteiger partial charge in [0, 0.05) is 42.0 Å². The number of aromatic nitrogens is 3. The van der Waals surface area contributed by atoms with E-state index >= 15 is 0 Å². The van der Waals surface area contributed by atoms with Crippen LogP contribution in [-0.2, 0) is 13.0 Å². The van der Waals surface area contributed by atoms with Gasteiger partial charge in [-0.1, -0.05) is 41.4 Å². The van der Waals surface area contributed by atoms with Crippen molar-refractivity contribution in [3.05, 3.63) is 87.8 Å². The molecule has 4 nitrogen and oxygen atoms in total. The van der Waals surface area contributed by atoms with Crippen LogP contribution in [0.2, 0.25) is 10.0 Å². The molecule has 6 heteroatoms. The summed E-state index contributed by atoms with van der Waals surface area (Å²) in [5.41, 5.74) is 4.28. The Morgan fingerprint density at radius 1 is 0.885 bits per heavy atom. The average Bonchev–Trinajstić information content (AvgIpc) is 3.04. The second-order valence-corrected chi connectivity index (χ2v) is 6.94. The molecule has 1 aromatic carbocycles. The second-order valence-electron chi connectivity index (χ2n) is 6.07. The monoisotopic (exact) mass is 382 g/mol. The van der Waals surface area contributed by atoms with Gasteiger partial charge in [0.05, 0.1) is 5.02 Å². The molecule has 3 aromatic heterocycles. The van der Waals surface area contributed by atoms with Crippen molar-refractivity contribution in [1.82, 2.24) is 15.0 Å². The summed E-state index contributed by atoms with van der Waals surface area (Å²) < 4.78 is 0. The van der Waals surface area contributed by atoms with Gasteiger partial charge in [-0.3, -0.25) is 0 Å². The molecular weight excluding hydrogens is 367 g/mol. The molecule has 0 radical (unpaired) electrons. The van der Waals surface area contributed by atoms with Crippen LogP contribution >= 0.6 is 23.2 Å². The van der Waals surface area contributed by atoms with E-state index < -0.39 is 0 Å².